The van der Waals surface area contributed by atoms with Crippen LogP contribution in [0.15, 0.2) is 12.3 Å². The summed E-state index contributed by atoms with van der Waals surface area (Å²) in [6.45, 7) is 1.23. The van der Waals surface area contributed by atoms with E-state index in [1.807, 2.05) is 0 Å². The van der Waals surface area contributed by atoms with E-state index in [0.717, 1.165) is 12.3 Å². The van der Waals surface area contributed by atoms with Crippen molar-refractivity contribution >= 4 is 23.4 Å². The fraction of sp³-hybridized carbons (Fsp3) is 0.500. The number of anilines is 1. The van der Waals surface area contributed by atoms with Gasteiger partial charge in [-0.2, -0.15) is 13.2 Å². The number of carbonyl (C=O) groups is 1. The molecule has 2 aliphatic heterocycles. The molecule has 2 saturated heterocycles. The average molecular weight is 307 g/mol. The molecule has 0 aromatic carbocycles. The first kappa shape index (κ1) is 13.5. The van der Waals surface area contributed by atoms with Crippen LogP contribution in [0.25, 0.3) is 0 Å². The number of carbonyl (C=O) groups excluding carboxylic acids is 1. The van der Waals surface area contributed by atoms with Crippen LogP contribution in [0.4, 0.5) is 19.0 Å². The Morgan fingerprint density at radius 2 is 2.15 bits per heavy atom. The Morgan fingerprint density at radius 1 is 1.40 bits per heavy atom. The van der Waals surface area contributed by atoms with E-state index in [4.69, 9.17) is 16.3 Å². The number of aromatic nitrogens is 1. The van der Waals surface area contributed by atoms with E-state index < -0.39 is 11.7 Å². The molecule has 0 amide bonds. The Balaban J connectivity index is 1.84. The molecule has 1 aromatic heterocycles. The Hall–Kier alpha value is -1.50. The van der Waals surface area contributed by atoms with Gasteiger partial charge < -0.3 is 9.64 Å². The lowest BCUT2D eigenvalue weighted by Crippen LogP contribution is -2.25. The summed E-state index contributed by atoms with van der Waals surface area (Å²) in [5.74, 6) is -0.166. The van der Waals surface area contributed by atoms with Crippen LogP contribution in [-0.2, 0) is 15.7 Å². The average Bonchev–Trinajstić information content (AvgIpc) is 2.91. The number of cyclic esters (lactones) is 1. The first-order valence-corrected chi connectivity index (χ1v) is 6.38. The van der Waals surface area contributed by atoms with E-state index >= 15 is 0 Å². The zero-order chi connectivity index (χ0) is 14.5. The van der Waals surface area contributed by atoms with Crippen LogP contribution in [0, 0.1) is 11.8 Å². The standard InChI is InChI=1S/C12H10ClF3N2O2/c13-9-1-7(12(14,15)16)2-17-10(9)18-3-6-5-20-11(19)8(6)4-18/h1-2,6,8H,3-5H2/t6-,8-/m1/s1. The molecular weight excluding hydrogens is 297 g/mol. The third-order valence-corrected chi connectivity index (χ3v) is 3.91. The normalized spacial score (nSPS) is 25.8. The lowest BCUT2D eigenvalue weighted by Gasteiger charge is -2.20. The van der Waals surface area contributed by atoms with Crippen molar-refractivity contribution in [1.82, 2.24) is 4.98 Å². The van der Waals surface area contributed by atoms with E-state index in [9.17, 15) is 18.0 Å². The number of halogens is 4. The third-order valence-electron chi connectivity index (χ3n) is 3.63. The highest BCUT2D eigenvalue weighted by atomic mass is 35.5. The molecule has 0 aliphatic carbocycles. The number of ether oxygens (including phenoxy) is 1. The van der Waals surface area contributed by atoms with Crippen LogP contribution < -0.4 is 4.90 Å². The van der Waals surface area contributed by atoms with Crippen molar-refractivity contribution in [1.29, 1.82) is 0 Å². The summed E-state index contributed by atoms with van der Waals surface area (Å²) >= 11 is 5.89. The van der Waals surface area contributed by atoms with Crippen molar-refractivity contribution in [3.05, 3.63) is 22.8 Å². The maximum atomic E-state index is 12.5. The molecule has 20 heavy (non-hydrogen) atoms. The van der Waals surface area contributed by atoms with Crippen molar-refractivity contribution in [2.45, 2.75) is 6.18 Å². The van der Waals surface area contributed by atoms with Crippen LogP contribution >= 0.6 is 11.6 Å². The molecular formula is C12H10ClF3N2O2. The van der Waals surface area contributed by atoms with Crippen LogP contribution in [0.2, 0.25) is 5.02 Å². The maximum absolute atomic E-state index is 12.5. The highest BCUT2D eigenvalue weighted by Crippen LogP contribution is 2.37. The molecule has 3 heterocycles. The zero-order valence-corrected chi connectivity index (χ0v) is 10.9. The van der Waals surface area contributed by atoms with Gasteiger partial charge in [-0.3, -0.25) is 4.79 Å². The smallest absolute Gasteiger partial charge is 0.417 e. The van der Waals surface area contributed by atoms with Gasteiger partial charge in [-0.25, -0.2) is 4.98 Å². The van der Waals surface area contributed by atoms with Gasteiger partial charge in [0.2, 0.25) is 0 Å². The summed E-state index contributed by atoms with van der Waals surface area (Å²) < 4.78 is 42.6. The van der Waals surface area contributed by atoms with Crippen molar-refractivity contribution in [3.8, 4) is 0 Å². The van der Waals surface area contributed by atoms with Gasteiger partial charge in [-0.15, -0.1) is 0 Å². The number of esters is 1. The van der Waals surface area contributed by atoms with Crippen molar-refractivity contribution in [2.24, 2.45) is 11.8 Å². The first-order chi connectivity index (χ1) is 9.36. The van der Waals surface area contributed by atoms with Gasteiger partial charge in [0.15, 0.2) is 0 Å². The molecule has 2 aliphatic rings. The molecule has 0 saturated carbocycles. The number of rotatable bonds is 1. The molecule has 1 aromatic rings. The molecule has 2 atom stereocenters. The monoisotopic (exact) mass is 306 g/mol. The summed E-state index contributed by atoms with van der Waals surface area (Å²) in [6.07, 6.45) is -3.71. The molecule has 108 valence electrons. The van der Waals surface area contributed by atoms with Gasteiger partial charge in [-0.1, -0.05) is 11.6 Å². The molecule has 0 bridgehead atoms. The fourth-order valence-electron chi connectivity index (χ4n) is 2.59. The second-order valence-electron chi connectivity index (χ2n) is 4.93. The summed E-state index contributed by atoms with van der Waals surface area (Å²) in [5, 5.41) is -0.0619. The van der Waals surface area contributed by atoms with E-state index in [-0.39, 0.29) is 28.6 Å². The SMILES string of the molecule is O=C1OC[C@H]2CN(c3ncc(C(F)(F)F)cc3Cl)C[C@@H]12. The number of hydrogen-bond acceptors (Lipinski definition) is 4. The summed E-state index contributed by atoms with van der Waals surface area (Å²) in [4.78, 5) is 17.0. The highest BCUT2D eigenvalue weighted by Gasteiger charge is 2.45. The van der Waals surface area contributed by atoms with Crippen LogP contribution in [0.5, 0.6) is 0 Å². The molecule has 0 unspecified atom stereocenters. The first-order valence-electron chi connectivity index (χ1n) is 6.00. The van der Waals surface area contributed by atoms with Gasteiger partial charge >= 0.3 is 12.1 Å². The van der Waals surface area contributed by atoms with Crippen LogP contribution in [-0.4, -0.2) is 30.6 Å². The van der Waals surface area contributed by atoms with Gasteiger partial charge in [0.25, 0.3) is 0 Å². The van der Waals surface area contributed by atoms with Gasteiger partial charge in [-0.05, 0) is 6.07 Å². The van der Waals surface area contributed by atoms with Crippen molar-refractivity contribution < 1.29 is 22.7 Å². The van der Waals surface area contributed by atoms with E-state index in [0.29, 0.717) is 19.7 Å². The number of alkyl halides is 3. The molecule has 0 spiro atoms. The number of nitrogens with zero attached hydrogens (tertiary/aromatic N) is 2. The van der Waals surface area contributed by atoms with E-state index in [2.05, 4.69) is 4.98 Å². The molecule has 2 fully saturated rings. The maximum Gasteiger partial charge on any atom is 0.417 e. The summed E-state index contributed by atoms with van der Waals surface area (Å²) in [5.41, 5.74) is -0.884. The predicted molar refractivity (Wildman–Crippen MR) is 64.4 cm³/mol. The Morgan fingerprint density at radius 3 is 2.75 bits per heavy atom. The summed E-state index contributed by atoms with van der Waals surface area (Å²) in [6, 6.07) is 0.857. The highest BCUT2D eigenvalue weighted by molar-refractivity contribution is 6.33. The molecule has 0 N–H and O–H groups in total. The van der Waals surface area contributed by atoms with E-state index in [1.165, 1.54) is 0 Å². The summed E-state index contributed by atoms with van der Waals surface area (Å²) in [7, 11) is 0. The van der Waals surface area contributed by atoms with Gasteiger partial charge in [0.05, 0.1) is 23.1 Å². The Kier molecular flexibility index (Phi) is 3.04. The van der Waals surface area contributed by atoms with E-state index in [1.54, 1.807) is 4.90 Å². The molecule has 3 rings (SSSR count). The minimum absolute atomic E-state index is 0.0580. The largest absolute Gasteiger partial charge is 0.465 e. The second-order valence-corrected chi connectivity index (χ2v) is 5.34. The number of pyridine rings is 1. The van der Waals surface area contributed by atoms with Gasteiger partial charge in [0, 0.05) is 25.2 Å². The predicted octanol–water partition coefficient (Wildman–Crippen LogP) is 2.36. The molecule has 8 heteroatoms. The van der Waals surface area contributed by atoms with Crippen molar-refractivity contribution in [2.75, 3.05) is 24.6 Å². The number of fused-ring (bicyclic) bond motifs is 1. The van der Waals surface area contributed by atoms with Crippen LogP contribution in [0.1, 0.15) is 5.56 Å². The molecule has 0 radical (unpaired) electrons. The molecule has 4 nitrogen and oxygen atoms in total. The zero-order valence-electron chi connectivity index (χ0n) is 10.2. The Labute approximate surface area is 117 Å². The fourth-order valence-corrected chi connectivity index (χ4v) is 2.88. The quantitative estimate of drug-likeness (QED) is 0.747. The van der Waals surface area contributed by atoms with Crippen molar-refractivity contribution in [3.63, 3.8) is 0 Å². The second kappa shape index (κ2) is 4.51. The van der Waals surface area contributed by atoms with Gasteiger partial charge in [0.1, 0.15) is 5.82 Å². The minimum atomic E-state index is -4.47. The Bertz CT molecular complexity index is 564. The number of hydrogen-bond donors (Lipinski definition) is 0. The van der Waals surface area contributed by atoms with Crippen LogP contribution in [0.3, 0.4) is 0 Å². The lowest BCUT2D eigenvalue weighted by atomic mass is 10.0. The topological polar surface area (TPSA) is 42.4 Å². The minimum Gasteiger partial charge on any atom is -0.465 e. The lowest BCUT2D eigenvalue weighted by molar-refractivity contribution is -0.141. The third kappa shape index (κ3) is 2.19.